The quantitative estimate of drug-likeness (QED) is 0.499. The first-order valence-electron chi connectivity index (χ1n) is 12.2. The number of carbonyl (C=O) groups is 1. The first-order chi connectivity index (χ1) is 15.7. The lowest BCUT2D eigenvalue weighted by molar-refractivity contribution is -0.121. The van der Waals surface area contributed by atoms with Crippen molar-refractivity contribution in [3.05, 3.63) is 30.1 Å². The van der Waals surface area contributed by atoms with Crippen molar-refractivity contribution < 1.29 is 9.53 Å². The minimum atomic E-state index is 0.166. The number of thioether (sulfide) groups is 1. The van der Waals surface area contributed by atoms with Gasteiger partial charge in [0, 0.05) is 30.8 Å². The van der Waals surface area contributed by atoms with E-state index in [2.05, 4.69) is 32.2 Å². The van der Waals surface area contributed by atoms with Crippen LogP contribution in [0, 0.1) is 11.8 Å². The molecule has 0 saturated heterocycles. The molecule has 7 heteroatoms. The van der Waals surface area contributed by atoms with E-state index >= 15 is 0 Å². The third kappa shape index (κ3) is 6.27. The molecule has 1 amide bonds. The Bertz CT molecular complexity index is 855. The number of hydrogen-bond donors (Lipinski definition) is 1. The zero-order chi connectivity index (χ0) is 22.2. The van der Waals surface area contributed by atoms with Gasteiger partial charge in [-0.3, -0.25) is 9.36 Å². The summed E-state index contributed by atoms with van der Waals surface area (Å²) in [5, 5.41) is 13.1. The fraction of sp³-hybridized carbons (Fsp3) is 0.640. The van der Waals surface area contributed by atoms with E-state index in [0.29, 0.717) is 25.3 Å². The minimum Gasteiger partial charge on any atom is -0.497 e. The SMILES string of the molecule is COc1ccc(-n2c(CCNC(=O)CC3CCCC3)nnc2SCC2CCCCC2)cc1. The molecule has 2 saturated carbocycles. The number of benzene rings is 1. The van der Waals surface area contributed by atoms with Gasteiger partial charge in [-0.2, -0.15) is 0 Å². The average molecular weight is 457 g/mol. The first-order valence-corrected chi connectivity index (χ1v) is 13.2. The van der Waals surface area contributed by atoms with Crippen molar-refractivity contribution in [1.29, 1.82) is 0 Å². The Balaban J connectivity index is 1.41. The molecule has 6 nitrogen and oxygen atoms in total. The summed E-state index contributed by atoms with van der Waals surface area (Å²) < 4.78 is 7.48. The fourth-order valence-corrected chi connectivity index (χ4v) is 6.11. The first kappa shape index (κ1) is 23.1. The maximum Gasteiger partial charge on any atom is 0.220 e. The molecule has 2 fully saturated rings. The van der Waals surface area contributed by atoms with Gasteiger partial charge in [0.15, 0.2) is 5.16 Å². The zero-order valence-corrected chi connectivity index (χ0v) is 20.0. The van der Waals surface area contributed by atoms with Gasteiger partial charge < -0.3 is 10.1 Å². The monoisotopic (exact) mass is 456 g/mol. The van der Waals surface area contributed by atoms with Gasteiger partial charge in [0.1, 0.15) is 11.6 Å². The summed E-state index contributed by atoms with van der Waals surface area (Å²) in [5.74, 6) is 4.32. The number of nitrogens with one attached hydrogen (secondary N) is 1. The zero-order valence-electron chi connectivity index (χ0n) is 19.2. The maximum atomic E-state index is 12.3. The third-order valence-electron chi connectivity index (χ3n) is 6.82. The Morgan fingerprint density at radius 1 is 1.03 bits per heavy atom. The predicted molar refractivity (Wildman–Crippen MR) is 128 cm³/mol. The van der Waals surface area contributed by atoms with E-state index in [0.717, 1.165) is 34.1 Å². The number of nitrogens with zero attached hydrogens (tertiary/aromatic N) is 3. The van der Waals surface area contributed by atoms with Crippen LogP contribution < -0.4 is 10.1 Å². The summed E-state index contributed by atoms with van der Waals surface area (Å²) >= 11 is 1.81. The smallest absolute Gasteiger partial charge is 0.220 e. The standard InChI is InChI=1S/C25H36N4O2S/c1-31-22-13-11-21(12-14-22)29-23(15-16-26-24(30)17-19-7-5-6-8-19)27-28-25(29)32-18-20-9-3-2-4-10-20/h11-14,19-20H,2-10,15-18H2,1H3,(H,26,30). The average Bonchev–Trinajstić information content (AvgIpc) is 3.48. The van der Waals surface area contributed by atoms with Crippen LogP contribution in [0.1, 0.15) is 70.0 Å². The second kappa shape index (κ2) is 11.7. The number of carbonyl (C=O) groups excluding carboxylic acids is 1. The van der Waals surface area contributed by atoms with Crippen LogP contribution in [0.2, 0.25) is 0 Å². The minimum absolute atomic E-state index is 0.166. The van der Waals surface area contributed by atoms with Crippen LogP contribution >= 0.6 is 11.8 Å². The molecule has 1 aromatic heterocycles. The van der Waals surface area contributed by atoms with Crippen LogP contribution in [-0.2, 0) is 11.2 Å². The number of rotatable bonds is 10. The summed E-state index contributed by atoms with van der Waals surface area (Å²) in [6.07, 6.45) is 13.0. The lowest BCUT2D eigenvalue weighted by Gasteiger charge is -2.20. The molecule has 32 heavy (non-hydrogen) atoms. The van der Waals surface area contributed by atoms with E-state index in [1.54, 1.807) is 7.11 Å². The highest BCUT2D eigenvalue weighted by atomic mass is 32.2. The van der Waals surface area contributed by atoms with Gasteiger partial charge in [0.25, 0.3) is 0 Å². The summed E-state index contributed by atoms with van der Waals surface area (Å²) in [4.78, 5) is 12.3. The Labute approximate surface area is 195 Å². The molecule has 0 aliphatic heterocycles. The van der Waals surface area contributed by atoms with Crippen LogP contribution in [0.25, 0.3) is 5.69 Å². The summed E-state index contributed by atoms with van der Waals surface area (Å²) in [5.41, 5.74) is 1.04. The maximum absolute atomic E-state index is 12.3. The van der Waals surface area contributed by atoms with Gasteiger partial charge in [-0.1, -0.05) is 43.9 Å². The summed E-state index contributed by atoms with van der Waals surface area (Å²) in [7, 11) is 1.68. The molecule has 0 spiro atoms. The van der Waals surface area contributed by atoms with Crippen molar-refractivity contribution in [1.82, 2.24) is 20.1 Å². The number of hydrogen-bond acceptors (Lipinski definition) is 5. The van der Waals surface area contributed by atoms with Gasteiger partial charge in [-0.25, -0.2) is 0 Å². The van der Waals surface area contributed by atoms with E-state index in [9.17, 15) is 4.79 Å². The summed E-state index contributed by atoms with van der Waals surface area (Å²) in [6, 6.07) is 8.04. The Morgan fingerprint density at radius 3 is 2.44 bits per heavy atom. The van der Waals surface area contributed by atoms with Gasteiger partial charge in [-0.05, 0) is 61.8 Å². The molecule has 2 aliphatic carbocycles. The van der Waals surface area contributed by atoms with Gasteiger partial charge in [0.2, 0.25) is 5.91 Å². The third-order valence-corrected chi connectivity index (χ3v) is 7.98. The highest BCUT2D eigenvalue weighted by Gasteiger charge is 2.20. The molecule has 0 unspecified atom stereocenters. The van der Waals surface area contributed by atoms with Crippen molar-refractivity contribution in [3.8, 4) is 11.4 Å². The van der Waals surface area contributed by atoms with Gasteiger partial charge in [-0.15, -0.1) is 10.2 Å². The van der Waals surface area contributed by atoms with Crippen molar-refractivity contribution in [3.63, 3.8) is 0 Å². The number of methoxy groups -OCH3 is 1. The molecule has 4 rings (SSSR count). The molecule has 0 radical (unpaired) electrons. The molecule has 0 bridgehead atoms. The van der Waals surface area contributed by atoms with Gasteiger partial charge >= 0.3 is 0 Å². The Kier molecular flexibility index (Phi) is 8.49. The van der Waals surface area contributed by atoms with Crippen molar-refractivity contribution >= 4 is 17.7 Å². The number of amides is 1. The highest BCUT2D eigenvalue weighted by molar-refractivity contribution is 7.99. The second-order valence-electron chi connectivity index (χ2n) is 9.20. The molecule has 174 valence electrons. The topological polar surface area (TPSA) is 69.0 Å². The fourth-order valence-electron chi connectivity index (χ4n) is 4.96. The van der Waals surface area contributed by atoms with Crippen LogP contribution in [0.3, 0.4) is 0 Å². The van der Waals surface area contributed by atoms with Crippen LogP contribution in [0.4, 0.5) is 0 Å². The normalized spacial score (nSPS) is 17.5. The Morgan fingerprint density at radius 2 is 1.72 bits per heavy atom. The molecule has 0 atom stereocenters. The van der Waals surface area contributed by atoms with Gasteiger partial charge in [0.05, 0.1) is 7.11 Å². The van der Waals surface area contributed by atoms with E-state index in [-0.39, 0.29) is 5.91 Å². The second-order valence-corrected chi connectivity index (χ2v) is 10.2. The molecule has 2 aromatic rings. The van der Waals surface area contributed by atoms with Crippen molar-refractivity contribution in [2.45, 2.75) is 75.8 Å². The van der Waals surface area contributed by atoms with Crippen molar-refractivity contribution in [2.24, 2.45) is 11.8 Å². The van der Waals surface area contributed by atoms with E-state index in [1.807, 2.05) is 23.9 Å². The molecular formula is C25H36N4O2S. The van der Waals surface area contributed by atoms with Crippen LogP contribution in [-0.4, -0.2) is 40.1 Å². The highest BCUT2D eigenvalue weighted by Crippen LogP contribution is 2.31. The Hall–Kier alpha value is -2.02. The molecule has 1 heterocycles. The molecule has 1 aromatic carbocycles. The summed E-state index contributed by atoms with van der Waals surface area (Å²) in [6.45, 7) is 0.590. The molecular weight excluding hydrogens is 420 g/mol. The largest absolute Gasteiger partial charge is 0.497 e. The van der Waals surface area contributed by atoms with E-state index in [1.165, 1.54) is 57.8 Å². The van der Waals surface area contributed by atoms with E-state index < -0.39 is 0 Å². The van der Waals surface area contributed by atoms with Crippen LogP contribution in [0.15, 0.2) is 29.4 Å². The van der Waals surface area contributed by atoms with Crippen molar-refractivity contribution in [2.75, 3.05) is 19.4 Å². The lowest BCUT2D eigenvalue weighted by Crippen LogP contribution is -2.27. The molecule has 1 N–H and O–H groups in total. The number of ether oxygens (including phenoxy) is 1. The van der Waals surface area contributed by atoms with E-state index in [4.69, 9.17) is 4.74 Å². The van der Waals surface area contributed by atoms with Crippen LogP contribution in [0.5, 0.6) is 5.75 Å². The number of aromatic nitrogens is 3. The predicted octanol–water partition coefficient (Wildman–Crippen LogP) is 5.19. The lowest BCUT2D eigenvalue weighted by atomic mass is 9.91. The molecule has 2 aliphatic rings.